The molecule has 0 aliphatic carbocycles. The molecule has 0 saturated heterocycles. The van der Waals surface area contributed by atoms with Crippen LogP contribution in [0.25, 0.3) is 6.08 Å². The van der Waals surface area contributed by atoms with Gasteiger partial charge < -0.3 is 10.4 Å². The van der Waals surface area contributed by atoms with E-state index >= 15 is 0 Å². The molecule has 108 valence electrons. The quantitative estimate of drug-likeness (QED) is 0.844. The maximum absolute atomic E-state index is 12.6. The molecule has 0 heterocycles. The highest BCUT2D eigenvalue weighted by Gasteiger charge is 2.33. The number of aliphatic carboxylic acids is 1. The molecule has 8 heteroatoms. The number of rotatable bonds is 3. The van der Waals surface area contributed by atoms with Crippen LogP contribution in [-0.2, 0) is 15.8 Å². The number of carboxylic acids is 1. The van der Waals surface area contributed by atoms with Crippen LogP contribution in [0.4, 0.5) is 13.2 Å². The van der Waals surface area contributed by atoms with Gasteiger partial charge in [-0.15, -0.1) is 0 Å². The smallest absolute Gasteiger partial charge is 0.417 e. The second kappa shape index (κ2) is 5.96. The summed E-state index contributed by atoms with van der Waals surface area (Å²) < 4.78 is 37.9. The van der Waals surface area contributed by atoms with E-state index in [1.807, 2.05) is 5.32 Å². The van der Waals surface area contributed by atoms with Gasteiger partial charge in [-0.3, -0.25) is 4.79 Å². The van der Waals surface area contributed by atoms with Crippen molar-refractivity contribution in [2.24, 2.45) is 0 Å². The first-order valence-electron chi connectivity index (χ1n) is 5.20. The van der Waals surface area contributed by atoms with E-state index in [0.29, 0.717) is 6.07 Å². The van der Waals surface area contributed by atoms with Crippen molar-refractivity contribution in [1.82, 2.24) is 5.32 Å². The first kappa shape index (κ1) is 16.0. The summed E-state index contributed by atoms with van der Waals surface area (Å²) in [7, 11) is 0. The van der Waals surface area contributed by atoms with E-state index in [0.717, 1.165) is 19.1 Å². The topological polar surface area (TPSA) is 66.4 Å². The van der Waals surface area contributed by atoms with E-state index in [-0.39, 0.29) is 5.56 Å². The number of hydrogen-bond acceptors (Lipinski definition) is 2. The van der Waals surface area contributed by atoms with E-state index < -0.39 is 34.3 Å². The number of nitrogens with one attached hydrogen (secondary N) is 1. The Bertz CT molecular complexity index is 582. The second-order valence-electron chi connectivity index (χ2n) is 3.78. The summed E-state index contributed by atoms with van der Waals surface area (Å²) in [5, 5.41) is 10.4. The Morgan fingerprint density at radius 1 is 1.35 bits per heavy atom. The fraction of sp³-hybridized carbons (Fsp3) is 0.167. The third kappa shape index (κ3) is 4.27. The lowest BCUT2D eigenvalue weighted by atomic mass is 10.1. The molecule has 0 aliphatic heterocycles. The van der Waals surface area contributed by atoms with Crippen molar-refractivity contribution in [2.75, 3.05) is 0 Å². The van der Waals surface area contributed by atoms with Crippen molar-refractivity contribution in [3.05, 3.63) is 40.0 Å². The van der Waals surface area contributed by atoms with Gasteiger partial charge in [-0.2, -0.15) is 13.2 Å². The molecule has 0 atom stereocenters. The van der Waals surface area contributed by atoms with Gasteiger partial charge in [0.1, 0.15) is 5.70 Å². The largest absolute Gasteiger partial charge is 0.477 e. The molecule has 0 bridgehead atoms. The zero-order valence-corrected chi connectivity index (χ0v) is 10.8. The monoisotopic (exact) mass is 307 g/mol. The molecule has 2 N–H and O–H groups in total. The molecule has 1 amide bonds. The average molecular weight is 308 g/mol. The van der Waals surface area contributed by atoms with Gasteiger partial charge in [0, 0.05) is 6.92 Å². The molecule has 0 radical (unpaired) electrons. The molecular formula is C12H9ClF3NO3. The number of hydrogen-bond donors (Lipinski definition) is 2. The number of carbonyl (C=O) groups excluding carboxylic acids is 1. The van der Waals surface area contributed by atoms with Crippen molar-refractivity contribution in [3.8, 4) is 0 Å². The van der Waals surface area contributed by atoms with Crippen LogP contribution in [0.3, 0.4) is 0 Å². The summed E-state index contributed by atoms with van der Waals surface area (Å²) in [5.41, 5.74) is -1.67. The van der Waals surface area contributed by atoms with Gasteiger partial charge in [0.05, 0.1) is 10.6 Å². The first-order valence-corrected chi connectivity index (χ1v) is 5.58. The minimum absolute atomic E-state index is 0.0483. The van der Waals surface area contributed by atoms with Crippen LogP contribution in [-0.4, -0.2) is 17.0 Å². The first-order chi connectivity index (χ1) is 9.11. The highest BCUT2D eigenvalue weighted by molar-refractivity contribution is 6.31. The van der Waals surface area contributed by atoms with Crippen LogP contribution in [0.1, 0.15) is 18.1 Å². The maximum Gasteiger partial charge on any atom is 0.417 e. The number of amides is 1. The van der Waals surface area contributed by atoms with Crippen LogP contribution in [0.2, 0.25) is 5.02 Å². The SMILES string of the molecule is CC(=O)N/C(=C\c1ccc(Cl)c(C(F)(F)F)c1)C(=O)O. The molecule has 0 unspecified atom stereocenters. The predicted molar refractivity (Wildman–Crippen MR) is 65.9 cm³/mol. The Hall–Kier alpha value is -2.02. The van der Waals surface area contributed by atoms with Crippen molar-refractivity contribution in [1.29, 1.82) is 0 Å². The Balaban J connectivity index is 3.26. The lowest BCUT2D eigenvalue weighted by molar-refractivity contribution is -0.137. The third-order valence-corrected chi connectivity index (χ3v) is 2.48. The standard InChI is InChI=1S/C12H9ClF3NO3/c1-6(18)17-10(11(19)20)5-7-2-3-9(13)8(4-7)12(14,15)16/h2-5H,1H3,(H,17,18)(H,19,20)/b10-5-. The van der Waals surface area contributed by atoms with E-state index in [2.05, 4.69) is 0 Å². The fourth-order valence-corrected chi connectivity index (χ4v) is 1.58. The summed E-state index contributed by atoms with van der Waals surface area (Å²) in [6, 6.07) is 2.92. The van der Waals surface area contributed by atoms with E-state index in [1.54, 1.807) is 0 Å². The number of benzene rings is 1. The molecule has 4 nitrogen and oxygen atoms in total. The number of halogens is 4. The summed E-state index contributed by atoms with van der Waals surface area (Å²) in [5.74, 6) is -2.12. The Morgan fingerprint density at radius 3 is 2.40 bits per heavy atom. The van der Waals surface area contributed by atoms with Crippen LogP contribution in [0, 0.1) is 0 Å². The van der Waals surface area contributed by atoms with Gasteiger partial charge in [0.15, 0.2) is 0 Å². The highest BCUT2D eigenvalue weighted by Crippen LogP contribution is 2.35. The molecule has 0 aromatic heterocycles. The molecule has 1 rings (SSSR count). The minimum atomic E-state index is -4.65. The van der Waals surface area contributed by atoms with E-state index in [1.165, 1.54) is 6.07 Å². The summed E-state index contributed by atoms with van der Waals surface area (Å²) in [4.78, 5) is 21.7. The second-order valence-corrected chi connectivity index (χ2v) is 4.19. The number of carbonyl (C=O) groups is 2. The third-order valence-electron chi connectivity index (χ3n) is 2.15. The lowest BCUT2D eigenvalue weighted by Crippen LogP contribution is -2.24. The van der Waals surface area contributed by atoms with Gasteiger partial charge in [0.2, 0.25) is 5.91 Å². The normalized spacial score (nSPS) is 12.2. The Labute approximate surface area is 116 Å². The number of alkyl halides is 3. The summed E-state index contributed by atoms with van der Waals surface area (Å²) >= 11 is 5.44. The zero-order valence-electron chi connectivity index (χ0n) is 10.1. The zero-order chi connectivity index (χ0) is 15.5. The van der Waals surface area contributed by atoms with Gasteiger partial charge in [-0.05, 0) is 23.8 Å². The predicted octanol–water partition coefficient (Wildman–Crippen LogP) is 2.92. The molecule has 0 aliphatic rings. The van der Waals surface area contributed by atoms with Crippen LogP contribution in [0.15, 0.2) is 23.9 Å². The molecule has 0 fully saturated rings. The van der Waals surface area contributed by atoms with Crippen LogP contribution in [0.5, 0.6) is 0 Å². The van der Waals surface area contributed by atoms with Crippen molar-refractivity contribution < 1.29 is 27.9 Å². The Kier molecular flexibility index (Phi) is 4.78. The minimum Gasteiger partial charge on any atom is -0.477 e. The molecule has 0 spiro atoms. The molecular weight excluding hydrogens is 299 g/mol. The molecule has 1 aromatic rings. The summed E-state index contributed by atoms with van der Waals surface area (Å²) in [6.45, 7) is 1.08. The molecule has 0 saturated carbocycles. The number of carboxylic acid groups (broad SMARTS) is 1. The highest BCUT2D eigenvalue weighted by atomic mass is 35.5. The maximum atomic E-state index is 12.6. The fourth-order valence-electron chi connectivity index (χ4n) is 1.36. The van der Waals surface area contributed by atoms with Gasteiger partial charge >= 0.3 is 12.1 Å². The van der Waals surface area contributed by atoms with Crippen molar-refractivity contribution in [2.45, 2.75) is 13.1 Å². The van der Waals surface area contributed by atoms with Gasteiger partial charge in [-0.25, -0.2) is 4.79 Å². The van der Waals surface area contributed by atoms with Crippen LogP contribution >= 0.6 is 11.6 Å². The average Bonchev–Trinajstić information content (AvgIpc) is 2.28. The summed E-state index contributed by atoms with van der Waals surface area (Å²) in [6.07, 6.45) is -3.74. The van der Waals surface area contributed by atoms with E-state index in [4.69, 9.17) is 16.7 Å². The van der Waals surface area contributed by atoms with Crippen LogP contribution < -0.4 is 5.32 Å². The van der Waals surface area contributed by atoms with Gasteiger partial charge in [-0.1, -0.05) is 17.7 Å². The molecule has 1 aromatic carbocycles. The lowest BCUT2D eigenvalue weighted by Gasteiger charge is -2.10. The Morgan fingerprint density at radius 2 is 1.95 bits per heavy atom. The van der Waals surface area contributed by atoms with E-state index in [9.17, 15) is 22.8 Å². The van der Waals surface area contributed by atoms with Gasteiger partial charge in [0.25, 0.3) is 0 Å². The van der Waals surface area contributed by atoms with Crippen molar-refractivity contribution >= 4 is 29.6 Å². The van der Waals surface area contributed by atoms with Crippen molar-refractivity contribution in [3.63, 3.8) is 0 Å². The molecule has 20 heavy (non-hydrogen) atoms.